The Labute approximate surface area is 101 Å². The standard InChI is InChI=1S/C11H22N2O4/c1-3-4-8(6-12)10(16)13-7-11(2,17)5-9(14)15/h8,17H,3-7,12H2,1-2H3,(H,13,16)(H,14,15). The van der Waals surface area contributed by atoms with Crippen molar-refractivity contribution >= 4 is 11.9 Å². The lowest BCUT2D eigenvalue weighted by molar-refractivity contribution is -0.142. The van der Waals surface area contributed by atoms with Gasteiger partial charge in [-0.05, 0) is 13.3 Å². The van der Waals surface area contributed by atoms with Gasteiger partial charge in [0.2, 0.25) is 5.91 Å². The van der Waals surface area contributed by atoms with Crippen LogP contribution in [0, 0.1) is 5.92 Å². The van der Waals surface area contributed by atoms with Crippen molar-refractivity contribution in [1.29, 1.82) is 0 Å². The number of carboxylic acid groups (broad SMARTS) is 1. The van der Waals surface area contributed by atoms with E-state index >= 15 is 0 Å². The van der Waals surface area contributed by atoms with E-state index in [4.69, 9.17) is 10.8 Å². The second-order valence-electron chi connectivity index (χ2n) is 4.51. The number of carbonyl (C=O) groups is 2. The molecule has 0 aliphatic carbocycles. The van der Waals surface area contributed by atoms with Crippen molar-refractivity contribution < 1.29 is 19.8 Å². The third-order valence-electron chi connectivity index (χ3n) is 2.47. The fraction of sp³-hybridized carbons (Fsp3) is 0.818. The molecule has 0 aromatic rings. The zero-order valence-corrected chi connectivity index (χ0v) is 10.4. The van der Waals surface area contributed by atoms with Crippen LogP contribution in [0.1, 0.15) is 33.1 Å². The molecule has 17 heavy (non-hydrogen) atoms. The summed E-state index contributed by atoms with van der Waals surface area (Å²) in [6.07, 6.45) is 1.12. The fourth-order valence-corrected chi connectivity index (χ4v) is 1.51. The van der Waals surface area contributed by atoms with E-state index in [1.54, 1.807) is 0 Å². The first-order valence-electron chi connectivity index (χ1n) is 5.74. The zero-order chi connectivity index (χ0) is 13.5. The van der Waals surface area contributed by atoms with Crippen LogP contribution in [0.4, 0.5) is 0 Å². The van der Waals surface area contributed by atoms with Gasteiger partial charge in [-0.2, -0.15) is 0 Å². The van der Waals surface area contributed by atoms with Crippen LogP contribution in [0.3, 0.4) is 0 Å². The Balaban J connectivity index is 4.17. The molecule has 1 amide bonds. The molecular weight excluding hydrogens is 224 g/mol. The summed E-state index contributed by atoms with van der Waals surface area (Å²) < 4.78 is 0. The number of aliphatic carboxylic acids is 1. The van der Waals surface area contributed by atoms with Crippen molar-refractivity contribution in [1.82, 2.24) is 5.32 Å². The summed E-state index contributed by atoms with van der Waals surface area (Å²) in [7, 11) is 0. The van der Waals surface area contributed by atoms with Gasteiger partial charge in [-0.3, -0.25) is 9.59 Å². The van der Waals surface area contributed by atoms with Gasteiger partial charge in [0.1, 0.15) is 0 Å². The lowest BCUT2D eigenvalue weighted by Crippen LogP contribution is -2.45. The van der Waals surface area contributed by atoms with Crippen LogP contribution in [0.2, 0.25) is 0 Å². The Morgan fingerprint density at radius 1 is 1.47 bits per heavy atom. The molecule has 0 saturated carbocycles. The smallest absolute Gasteiger partial charge is 0.306 e. The van der Waals surface area contributed by atoms with E-state index in [0.717, 1.165) is 6.42 Å². The molecule has 0 aliphatic heterocycles. The maximum absolute atomic E-state index is 11.6. The van der Waals surface area contributed by atoms with Crippen molar-refractivity contribution in [2.45, 2.75) is 38.7 Å². The topological polar surface area (TPSA) is 113 Å². The Hall–Kier alpha value is -1.14. The number of aliphatic hydroxyl groups is 1. The van der Waals surface area contributed by atoms with E-state index in [-0.39, 0.29) is 24.9 Å². The van der Waals surface area contributed by atoms with Crippen molar-refractivity contribution in [2.75, 3.05) is 13.1 Å². The van der Waals surface area contributed by atoms with E-state index in [0.29, 0.717) is 6.42 Å². The zero-order valence-electron chi connectivity index (χ0n) is 10.4. The largest absolute Gasteiger partial charge is 0.481 e. The van der Waals surface area contributed by atoms with Crippen LogP contribution in [0.25, 0.3) is 0 Å². The highest BCUT2D eigenvalue weighted by molar-refractivity contribution is 5.79. The van der Waals surface area contributed by atoms with Gasteiger partial charge in [0.25, 0.3) is 0 Å². The van der Waals surface area contributed by atoms with Crippen LogP contribution in [-0.4, -0.2) is 40.8 Å². The molecule has 0 spiro atoms. The quantitative estimate of drug-likeness (QED) is 0.470. The highest BCUT2D eigenvalue weighted by Crippen LogP contribution is 2.09. The van der Waals surface area contributed by atoms with Gasteiger partial charge < -0.3 is 21.3 Å². The number of amides is 1. The highest BCUT2D eigenvalue weighted by Gasteiger charge is 2.26. The number of carboxylic acids is 1. The molecule has 5 N–H and O–H groups in total. The SMILES string of the molecule is CCCC(CN)C(=O)NCC(C)(O)CC(=O)O. The Bertz CT molecular complexity index is 266. The van der Waals surface area contributed by atoms with Crippen LogP contribution in [0.5, 0.6) is 0 Å². The van der Waals surface area contributed by atoms with Crippen molar-refractivity contribution in [3.8, 4) is 0 Å². The Morgan fingerprint density at radius 2 is 2.06 bits per heavy atom. The summed E-state index contributed by atoms with van der Waals surface area (Å²) in [4.78, 5) is 22.1. The lowest BCUT2D eigenvalue weighted by Gasteiger charge is -2.23. The number of hydrogen-bond acceptors (Lipinski definition) is 4. The third-order valence-corrected chi connectivity index (χ3v) is 2.47. The maximum Gasteiger partial charge on any atom is 0.306 e. The highest BCUT2D eigenvalue weighted by atomic mass is 16.4. The van der Waals surface area contributed by atoms with E-state index < -0.39 is 18.0 Å². The molecule has 0 rings (SSSR count). The van der Waals surface area contributed by atoms with Crippen molar-refractivity contribution in [3.05, 3.63) is 0 Å². The number of rotatable bonds is 8. The molecule has 0 aliphatic rings. The minimum Gasteiger partial charge on any atom is -0.481 e. The second-order valence-corrected chi connectivity index (χ2v) is 4.51. The minimum absolute atomic E-state index is 0.0850. The van der Waals surface area contributed by atoms with E-state index in [1.807, 2.05) is 6.92 Å². The third kappa shape index (κ3) is 6.91. The predicted molar refractivity (Wildman–Crippen MR) is 63.3 cm³/mol. The first-order chi connectivity index (χ1) is 7.82. The van der Waals surface area contributed by atoms with Crippen LogP contribution < -0.4 is 11.1 Å². The van der Waals surface area contributed by atoms with E-state index in [9.17, 15) is 14.7 Å². The number of nitrogens with two attached hydrogens (primary N) is 1. The first kappa shape index (κ1) is 15.9. The molecular formula is C11H22N2O4. The molecule has 0 radical (unpaired) electrons. The number of hydrogen-bond donors (Lipinski definition) is 4. The summed E-state index contributed by atoms with van der Waals surface area (Å²) in [6.45, 7) is 3.49. The summed E-state index contributed by atoms with van der Waals surface area (Å²) in [5.41, 5.74) is 4.02. The van der Waals surface area contributed by atoms with Crippen molar-refractivity contribution in [3.63, 3.8) is 0 Å². The van der Waals surface area contributed by atoms with Crippen LogP contribution in [0.15, 0.2) is 0 Å². The van der Waals surface area contributed by atoms with E-state index in [1.165, 1.54) is 6.92 Å². The Kier molecular flexibility index (Phi) is 6.75. The molecule has 0 aromatic carbocycles. The van der Waals surface area contributed by atoms with Gasteiger partial charge in [0, 0.05) is 13.1 Å². The van der Waals surface area contributed by atoms with Crippen LogP contribution in [-0.2, 0) is 9.59 Å². The van der Waals surface area contributed by atoms with E-state index in [2.05, 4.69) is 5.32 Å². The fourth-order valence-electron chi connectivity index (χ4n) is 1.51. The molecule has 2 unspecified atom stereocenters. The van der Waals surface area contributed by atoms with Gasteiger partial charge in [-0.25, -0.2) is 0 Å². The number of nitrogens with one attached hydrogen (secondary N) is 1. The molecule has 100 valence electrons. The summed E-state index contributed by atoms with van der Waals surface area (Å²) in [5, 5.41) is 20.8. The molecule has 0 fully saturated rings. The predicted octanol–water partition coefficient (Wildman–Crippen LogP) is -0.297. The average Bonchev–Trinajstić information content (AvgIpc) is 2.21. The van der Waals surface area contributed by atoms with Gasteiger partial charge in [-0.15, -0.1) is 0 Å². The van der Waals surface area contributed by atoms with Crippen LogP contribution >= 0.6 is 0 Å². The molecule has 2 atom stereocenters. The summed E-state index contributed by atoms with van der Waals surface area (Å²) in [5.74, 6) is -1.62. The molecule has 0 aromatic heterocycles. The number of carbonyl (C=O) groups excluding carboxylic acids is 1. The monoisotopic (exact) mass is 246 g/mol. The first-order valence-corrected chi connectivity index (χ1v) is 5.74. The molecule has 0 bridgehead atoms. The molecule has 6 heteroatoms. The lowest BCUT2D eigenvalue weighted by atomic mass is 10.0. The molecule has 6 nitrogen and oxygen atoms in total. The minimum atomic E-state index is -1.44. The van der Waals surface area contributed by atoms with Gasteiger partial charge in [0.15, 0.2) is 0 Å². The van der Waals surface area contributed by atoms with Gasteiger partial charge in [0.05, 0.1) is 17.9 Å². The average molecular weight is 246 g/mol. The summed E-state index contributed by atoms with van der Waals surface area (Å²) in [6, 6.07) is 0. The van der Waals surface area contributed by atoms with Crippen molar-refractivity contribution in [2.24, 2.45) is 11.7 Å². The van der Waals surface area contributed by atoms with Gasteiger partial charge in [-0.1, -0.05) is 13.3 Å². The Morgan fingerprint density at radius 3 is 2.47 bits per heavy atom. The molecule has 0 heterocycles. The molecule has 0 saturated heterocycles. The summed E-state index contributed by atoms with van der Waals surface area (Å²) >= 11 is 0. The normalized spacial score (nSPS) is 16.0. The van der Waals surface area contributed by atoms with Gasteiger partial charge >= 0.3 is 5.97 Å². The maximum atomic E-state index is 11.6. The second kappa shape index (κ2) is 7.24.